The molecule has 1 saturated heterocycles. The second kappa shape index (κ2) is 6.86. The SMILES string of the molecule is CC(=O)NC1CCCN(CC(O)c2ccc(C)cc2)C1. The number of hydrogen-bond donors (Lipinski definition) is 2. The highest BCUT2D eigenvalue weighted by molar-refractivity contribution is 5.73. The number of benzene rings is 1. The monoisotopic (exact) mass is 276 g/mol. The minimum absolute atomic E-state index is 0.0240. The molecule has 1 aliphatic heterocycles. The van der Waals surface area contributed by atoms with Crippen molar-refractivity contribution < 1.29 is 9.90 Å². The number of carbonyl (C=O) groups is 1. The van der Waals surface area contributed by atoms with Gasteiger partial charge in [0.25, 0.3) is 0 Å². The summed E-state index contributed by atoms with van der Waals surface area (Å²) in [5.74, 6) is 0.0240. The van der Waals surface area contributed by atoms with Crippen LogP contribution in [-0.4, -0.2) is 41.6 Å². The topological polar surface area (TPSA) is 52.6 Å². The minimum atomic E-state index is -0.466. The molecule has 1 aromatic carbocycles. The number of rotatable bonds is 4. The second-order valence-electron chi connectivity index (χ2n) is 5.73. The molecule has 110 valence electrons. The summed E-state index contributed by atoms with van der Waals surface area (Å²) in [6.07, 6.45) is 1.62. The van der Waals surface area contributed by atoms with E-state index < -0.39 is 6.10 Å². The predicted octanol–water partition coefficient (Wildman–Crippen LogP) is 1.63. The van der Waals surface area contributed by atoms with E-state index in [2.05, 4.69) is 10.2 Å². The van der Waals surface area contributed by atoms with Crippen LogP contribution in [0.2, 0.25) is 0 Å². The van der Waals surface area contributed by atoms with Crippen molar-refractivity contribution in [3.05, 3.63) is 35.4 Å². The van der Waals surface area contributed by atoms with Gasteiger partial charge in [0.15, 0.2) is 0 Å². The molecule has 0 aliphatic carbocycles. The maximum atomic E-state index is 11.1. The van der Waals surface area contributed by atoms with Crippen LogP contribution in [0, 0.1) is 6.92 Å². The number of β-amino-alcohol motifs (C(OH)–C–C–N with tert-alkyl or cyclic N) is 1. The first-order valence-corrected chi connectivity index (χ1v) is 7.28. The zero-order chi connectivity index (χ0) is 14.5. The lowest BCUT2D eigenvalue weighted by atomic mass is 10.0. The molecule has 0 radical (unpaired) electrons. The molecule has 1 heterocycles. The number of piperidine rings is 1. The van der Waals surface area contributed by atoms with Crippen molar-refractivity contribution in [1.82, 2.24) is 10.2 Å². The number of likely N-dealkylation sites (tertiary alicyclic amines) is 1. The van der Waals surface area contributed by atoms with Gasteiger partial charge in [-0.2, -0.15) is 0 Å². The first-order valence-electron chi connectivity index (χ1n) is 7.28. The van der Waals surface area contributed by atoms with Crippen molar-refractivity contribution in [3.8, 4) is 0 Å². The number of carbonyl (C=O) groups excluding carboxylic acids is 1. The zero-order valence-electron chi connectivity index (χ0n) is 12.3. The molecule has 0 spiro atoms. The van der Waals surface area contributed by atoms with Gasteiger partial charge in [0.2, 0.25) is 5.91 Å². The molecule has 2 rings (SSSR count). The summed E-state index contributed by atoms with van der Waals surface area (Å²) in [5, 5.41) is 13.3. The minimum Gasteiger partial charge on any atom is -0.387 e. The third-order valence-electron chi connectivity index (χ3n) is 3.81. The van der Waals surface area contributed by atoms with Crippen LogP contribution in [-0.2, 0) is 4.79 Å². The zero-order valence-corrected chi connectivity index (χ0v) is 12.3. The Morgan fingerprint density at radius 3 is 2.80 bits per heavy atom. The summed E-state index contributed by atoms with van der Waals surface area (Å²) >= 11 is 0. The van der Waals surface area contributed by atoms with Crippen LogP contribution in [0.25, 0.3) is 0 Å². The summed E-state index contributed by atoms with van der Waals surface area (Å²) in [6, 6.07) is 8.22. The van der Waals surface area contributed by atoms with E-state index in [9.17, 15) is 9.90 Å². The van der Waals surface area contributed by atoms with Crippen LogP contribution >= 0.6 is 0 Å². The highest BCUT2D eigenvalue weighted by Gasteiger charge is 2.22. The van der Waals surface area contributed by atoms with Crippen molar-refractivity contribution in [1.29, 1.82) is 0 Å². The lowest BCUT2D eigenvalue weighted by Gasteiger charge is -2.34. The first-order chi connectivity index (χ1) is 9.54. The van der Waals surface area contributed by atoms with Gasteiger partial charge in [-0.1, -0.05) is 29.8 Å². The molecule has 2 unspecified atom stereocenters. The normalized spacial score (nSPS) is 21.4. The lowest BCUT2D eigenvalue weighted by molar-refractivity contribution is -0.120. The first kappa shape index (κ1) is 15.0. The van der Waals surface area contributed by atoms with Gasteiger partial charge in [0.05, 0.1) is 6.10 Å². The van der Waals surface area contributed by atoms with E-state index in [0.29, 0.717) is 6.54 Å². The van der Waals surface area contributed by atoms with Crippen LogP contribution in [0.4, 0.5) is 0 Å². The van der Waals surface area contributed by atoms with Gasteiger partial charge < -0.3 is 10.4 Å². The predicted molar refractivity (Wildman–Crippen MR) is 79.4 cm³/mol. The van der Waals surface area contributed by atoms with Crippen molar-refractivity contribution in [2.45, 2.75) is 38.8 Å². The maximum Gasteiger partial charge on any atom is 0.217 e. The van der Waals surface area contributed by atoms with Crippen LogP contribution in [0.15, 0.2) is 24.3 Å². The van der Waals surface area contributed by atoms with Gasteiger partial charge in [-0.3, -0.25) is 9.69 Å². The van der Waals surface area contributed by atoms with Gasteiger partial charge in [-0.25, -0.2) is 0 Å². The molecule has 1 fully saturated rings. The fourth-order valence-electron chi connectivity index (χ4n) is 2.77. The van der Waals surface area contributed by atoms with E-state index in [4.69, 9.17) is 0 Å². The Balaban J connectivity index is 1.88. The summed E-state index contributed by atoms with van der Waals surface area (Å²) in [5.41, 5.74) is 2.15. The van der Waals surface area contributed by atoms with E-state index >= 15 is 0 Å². The maximum absolute atomic E-state index is 11.1. The van der Waals surface area contributed by atoms with Crippen LogP contribution < -0.4 is 5.32 Å². The Morgan fingerprint density at radius 2 is 2.15 bits per heavy atom. The fourth-order valence-corrected chi connectivity index (χ4v) is 2.77. The number of amides is 1. The number of hydrogen-bond acceptors (Lipinski definition) is 3. The van der Waals surface area contributed by atoms with Crippen LogP contribution in [0.5, 0.6) is 0 Å². The average Bonchev–Trinajstić information content (AvgIpc) is 2.39. The highest BCUT2D eigenvalue weighted by Crippen LogP contribution is 2.18. The molecule has 20 heavy (non-hydrogen) atoms. The molecule has 0 aromatic heterocycles. The summed E-state index contributed by atoms with van der Waals surface area (Å²) < 4.78 is 0. The molecule has 1 aromatic rings. The van der Waals surface area contributed by atoms with Crippen molar-refractivity contribution in [2.24, 2.45) is 0 Å². The van der Waals surface area contributed by atoms with Gasteiger partial charge in [0, 0.05) is 26.1 Å². The van der Waals surface area contributed by atoms with Gasteiger partial charge >= 0.3 is 0 Å². The number of nitrogens with one attached hydrogen (secondary N) is 1. The molecule has 1 amide bonds. The van der Waals surface area contributed by atoms with Crippen molar-refractivity contribution >= 4 is 5.91 Å². The fraction of sp³-hybridized carbons (Fsp3) is 0.562. The van der Waals surface area contributed by atoms with E-state index in [1.807, 2.05) is 31.2 Å². The Labute approximate surface area is 120 Å². The molecule has 4 heteroatoms. The third kappa shape index (κ3) is 4.32. The smallest absolute Gasteiger partial charge is 0.217 e. The Morgan fingerprint density at radius 1 is 1.45 bits per heavy atom. The Kier molecular flexibility index (Phi) is 5.15. The van der Waals surface area contributed by atoms with Gasteiger partial charge in [0.1, 0.15) is 0 Å². The van der Waals surface area contributed by atoms with Crippen LogP contribution in [0.3, 0.4) is 0 Å². The highest BCUT2D eigenvalue weighted by atomic mass is 16.3. The molecule has 4 nitrogen and oxygen atoms in total. The quantitative estimate of drug-likeness (QED) is 0.879. The molecule has 1 aliphatic rings. The average molecular weight is 276 g/mol. The van der Waals surface area contributed by atoms with Gasteiger partial charge in [-0.15, -0.1) is 0 Å². The third-order valence-corrected chi connectivity index (χ3v) is 3.81. The number of aliphatic hydroxyl groups is 1. The molecule has 2 N–H and O–H groups in total. The van der Waals surface area contributed by atoms with E-state index in [0.717, 1.165) is 31.5 Å². The molecule has 2 atom stereocenters. The molecular formula is C16H24N2O2. The largest absolute Gasteiger partial charge is 0.387 e. The van der Waals surface area contributed by atoms with E-state index in [-0.39, 0.29) is 11.9 Å². The number of aliphatic hydroxyl groups excluding tert-OH is 1. The molecule has 0 saturated carbocycles. The van der Waals surface area contributed by atoms with Crippen molar-refractivity contribution in [2.75, 3.05) is 19.6 Å². The standard InChI is InChI=1S/C16H24N2O2/c1-12-5-7-14(8-6-12)16(20)11-18-9-3-4-15(10-18)17-13(2)19/h5-8,15-16,20H,3-4,9-11H2,1-2H3,(H,17,19). The number of nitrogens with zero attached hydrogens (tertiary/aromatic N) is 1. The summed E-state index contributed by atoms with van der Waals surface area (Å²) in [6.45, 7) is 6.03. The Bertz CT molecular complexity index is 444. The summed E-state index contributed by atoms with van der Waals surface area (Å²) in [4.78, 5) is 13.3. The van der Waals surface area contributed by atoms with Crippen LogP contribution in [0.1, 0.15) is 37.0 Å². The molecular weight excluding hydrogens is 252 g/mol. The summed E-state index contributed by atoms with van der Waals surface area (Å²) in [7, 11) is 0. The Hall–Kier alpha value is -1.39. The van der Waals surface area contributed by atoms with E-state index in [1.54, 1.807) is 6.92 Å². The van der Waals surface area contributed by atoms with E-state index in [1.165, 1.54) is 5.56 Å². The molecule has 0 bridgehead atoms. The lowest BCUT2D eigenvalue weighted by Crippen LogP contribution is -2.48. The second-order valence-corrected chi connectivity index (χ2v) is 5.73. The van der Waals surface area contributed by atoms with Gasteiger partial charge in [-0.05, 0) is 31.9 Å². The van der Waals surface area contributed by atoms with Crippen molar-refractivity contribution in [3.63, 3.8) is 0 Å². The number of aryl methyl sites for hydroxylation is 1.